The molecule has 2 N–H and O–H groups in total. The van der Waals surface area contributed by atoms with Gasteiger partial charge in [0.1, 0.15) is 23.7 Å². The topological polar surface area (TPSA) is 112 Å². The molecule has 0 atom stereocenters. The lowest BCUT2D eigenvalue weighted by Gasteiger charge is -2.01. The molecule has 0 saturated carbocycles. The van der Waals surface area contributed by atoms with Crippen molar-refractivity contribution in [2.24, 2.45) is 0 Å². The molecule has 18 heavy (non-hydrogen) atoms. The third-order valence-corrected chi connectivity index (χ3v) is 1.06. The fraction of sp³-hybridized carbons (Fsp3) is 0.750. The van der Waals surface area contributed by atoms with E-state index in [1.807, 2.05) is 0 Å². The van der Waals surface area contributed by atoms with Crippen LogP contribution >= 0.6 is 23.7 Å². The van der Waals surface area contributed by atoms with E-state index in [-0.39, 0.29) is 26.2 Å². The second kappa shape index (κ2) is 29.9. The van der Waals surface area contributed by atoms with Crippen LogP contribution in [0.4, 0.5) is 0 Å². The van der Waals surface area contributed by atoms with Gasteiger partial charge in [-0.3, -0.25) is 9.59 Å². The summed E-state index contributed by atoms with van der Waals surface area (Å²) in [5.74, 6) is 0. The summed E-state index contributed by atoms with van der Waals surface area (Å²) in [6.45, 7) is 2.01. The van der Waals surface area contributed by atoms with Gasteiger partial charge in [0, 0.05) is 0 Å². The van der Waals surface area contributed by atoms with E-state index in [1.54, 1.807) is 0 Å². The Morgan fingerprint density at radius 2 is 1.06 bits per heavy atom. The highest BCUT2D eigenvalue weighted by molar-refractivity contribution is 6.10. The lowest BCUT2D eigenvalue weighted by molar-refractivity contribution is -0.121. The van der Waals surface area contributed by atoms with Gasteiger partial charge < -0.3 is 28.3 Å². The second-order valence-corrected chi connectivity index (χ2v) is 2.40. The van der Waals surface area contributed by atoms with E-state index in [9.17, 15) is 0 Å². The molecule has 0 amide bonds. The van der Waals surface area contributed by atoms with E-state index in [1.165, 1.54) is 0 Å². The van der Waals surface area contributed by atoms with Gasteiger partial charge in [-0.05, 0) is 0 Å². The quantitative estimate of drug-likeness (QED) is 0.438. The van der Waals surface area contributed by atoms with Crippen molar-refractivity contribution in [3.05, 3.63) is 0 Å². The summed E-state index contributed by atoms with van der Waals surface area (Å²) >= 11 is 8.64. The highest BCUT2D eigenvalue weighted by Crippen LogP contribution is 1.76. The molecule has 8 nitrogen and oxygen atoms in total. The average molecular weight is 311 g/mol. The Morgan fingerprint density at radius 3 is 1.22 bits per heavy atom. The van der Waals surface area contributed by atoms with Crippen LogP contribution in [0.1, 0.15) is 0 Å². The number of hydrogen-bond acceptors (Lipinski definition) is 8. The Bertz CT molecular complexity index is 133. The molecule has 0 rings (SSSR count). The van der Waals surface area contributed by atoms with Gasteiger partial charge in [0.25, 0.3) is 0 Å². The SMILES string of the molecule is O=COCl.O=COCl.OCCOCCOCCO. The summed E-state index contributed by atoms with van der Waals surface area (Å²) in [4.78, 5) is 17.6. The van der Waals surface area contributed by atoms with Crippen molar-refractivity contribution in [3.63, 3.8) is 0 Å². The number of carbonyl (C=O) groups excluding carboxylic acids is 2. The van der Waals surface area contributed by atoms with Crippen LogP contribution in [0.15, 0.2) is 0 Å². The van der Waals surface area contributed by atoms with Crippen molar-refractivity contribution in [1.82, 2.24) is 0 Å². The number of hydrogen-bond donors (Lipinski definition) is 2. The number of rotatable bonds is 9. The van der Waals surface area contributed by atoms with Gasteiger partial charge in [-0.15, -0.1) is 0 Å². The predicted molar refractivity (Wildman–Crippen MR) is 61.8 cm³/mol. The van der Waals surface area contributed by atoms with E-state index in [4.69, 9.17) is 29.3 Å². The molecule has 0 radical (unpaired) electrons. The highest BCUT2D eigenvalue weighted by Gasteiger charge is 1.86. The van der Waals surface area contributed by atoms with Gasteiger partial charge in [-0.25, -0.2) is 0 Å². The number of ether oxygens (including phenoxy) is 2. The van der Waals surface area contributed by atoms with Crippen LogP contribution in [0.25, 0.3) is 0 Å². The van der Waals surface area contributed by atoms with Gasteiger partial charge in [0.2, 0.25) is 0 Å². The Morgan fingerprint density at radius 1 is 0.778 bits per heavy atom. The molecule has 0 aliphatic rings. The van der Waals surface area contributed by atoms with Crippen molar-refractivity contribution >= 4 is 36.7 Å². The van der Waals surface area contributed by atoms with E-state index < -0.39 is 0 Å². The minimum absolute atomic E-state index is 0.0417. The molecule has 10 heteroatoms. The number of aliphatic hydroxyl groups is 2. The average Bonchev–Trinajstić information content (AvgIpc) is 2.43. The molecule has 0 aromatic rings. The fourth-order valence-corrected chi connectivity index (χ4v) is 0.451. The van der Waals surface area contributed by atoms with E-state index in [0.717, 1.165) is 0 Å². The van der Waals surface area contributed by atoms with Crippen LogP contribution in [-0.4, -0.2) is 62.8 Å². The molecule has 0 heterocycles. The number of aliphatic hydroxyl groups excluding tert-OH is 2. The minimum Gasteiger partial charge on any atom is -0.394 e. The molecule has 0 aliphatic carbocycles. The standard InChI is InChI=1S/C6H14O4.2CHClO2/c7-1-3-9-5-6-10-4-2-8;2*2-4-1-3/h7-8H,1-6H2;2*1H. The van der Waals surface area contributed by atoms with Crippen LogP contribution in [0.3, 0.4) is 0 Å². The maximum absolute atomic E-state index is 8.82. The van der Waals surface area contributed by atoms with Crippen LogP contribution in [-0.2, 0) is 27.6 Å². The summed E-state index contributed by atoms with van der Waals surface area (Å²) in [5.41, 5.74) is 0. The molecule has 0 saturated heterocycles. The smallest absolute Gasteiger partial charge is 0.312 e. The number of halogens is 2. The van der Waals surface area contributed by atoms with E-state index >= 15 is 0 Å². The van der Waals surface area contributed by atoms with Crippen LogP contribution in [0.5, 0.6) is 0 Å². The molecule has 0 spiro atoms. The van der Waals surface area contributed by atoms with Gasteiger partial charge in [0.15, 0.2) is 0 Å². The maximum atomic E-state index is 8.82. The fourth-order valence-electron chi connectivity index (χ4n) is 0.451. The van der Waals surface area contributed by atoms with E-state index in [0.29, 0.717) is 26.4 Å². The molecule has 0 aromatic carbocycles. The van der Waals surface area contributed by atoms with Crippen molar-refractivity contribution < 1.29 is 37.9 Å². The van der Waals surface area contributed by atoms with Gasteiger partial charge >= 0.3 is 12.9 Å². The normalized spacial score (nSPS) is 8.00. The predicted octanol–water partition coefficient (Wildman–Crippen LogP) is -0.369. The third-order valence-electron chi connectivity index (χ3n) is 0.916. The van der Waals surface area contributed by atoms with Crippen molar-refractivity contribution in [1.29, 1.82) is 0 Å². The van der Waals surface area contributed by atoms with Crippen molar-refractivity contribution in [2.45, 2.75) is 0 Å². The summed E-state index contributed by atoms with van der Waals surface area (Å²) in [5, 5.41) is 16.5. The van der Waals surface area contributed by atoms with Crippen molar-refractivity contribution in [3.8, 4) is 0 Å². The molecular weight excluding hydrogens is 295 g/mol. The summed E-state index contributed by atoms with van der Waals surface area (Å²) < 4.78 is 16.4. The van der Waals surface area contributed by atoms with Crippen LogP contribution < -0.4 is 0 Å². The zero-order valence-corrected chi connectivity index (χ0v) is 11.0. The van der Waals surface area contributed by atoms with Gasteiger partial charge in [-0.2, -0.15) is 0 Å². The maximum Gasteiger partial charge on any atom is 0.312 e. The van der Waals surface area contributed by atoms with Crippen molar-refractivity contribution in [2.75, 3.05) is 39.6 Å². The lowest BCUT2D eigenvalue weighted by Crippen LogP contribution is -2.09. The largest absolute Gasteiger partial charge is 0.394 e. The highest BCUT2D eigenvalue weighted by atomic mass is 35.5. The first kappa shape index (κ1) is 22.5. The molecule has 0 unspecified atom stereocenters. The zero-order chi connectivity index (χ0) is 14.5. The molecule has 0 aromatic heterocycles. The van der Waals surface area contributed by atoms with Crippen LogP contribution in [0.2, 0.25) is 0 Å². The lowest BCUT2D eigenvalue weighted by atomic mass is 10.7. The molecule has 110 valence electrons. The van der Waals surface area contributed by atoms with Gasteiger partial charge in [0.05, 0.1) is 39.6 Å². The Hall–Kier alpha value is -0.640. The molecular formula is C8H16Cl2O8. The minimum atomic E-state index is 0.0417. The summed E-state index contributed by atoms with van der Waals surface area (Å²) in [6, 6.07) is 0. The second-order valence-electron chi connectivity index (χ2n) is 2.04. The summed E-state index contributed by atoms with van der Waals surface area (Å²) in [7, 11) is 0. The molecule has 0 bridgehead atoms. The molecule has 0 aliphatic heterocycles. The van der Waals surface area contributed by atoms with E-state index in [2.05, 4.69) is 32.3 Å². The first-order chi connectivity index (χ1) is 8.74. The Kier molecular flexibility index (Phi) is 37.4. The van der Waals surface area contributed by atoms with Gasteiger partial charge in [-0.1, -0.05) is 0 Å². The first-order valence-corrected chi connectivity index (χ1v) is 5.16. The molecule has 0 fully saturated rings. The zero-order valence-electron chi connectivity index (χ0n) is 9.50. The summed E-state index contributed by atoms with van der Waals surface area (Å²) in [6.07, 6.45) is 0. The number of carbonyl (C=O) groups is 2. The third kappa shape index (κ3) is 45.3. The van der Waals surface area contributed by atoms with Crippen LogP contribution in [0, 0.1) is 0 Å². The Balaban J connectivity index is -0.000000233. The Labute approximate surface area is 115 Å². The first-order valence-electron chi connectivity index (χ1n) is 4.54. The monoisotopic (exact) mass is 310 g/mol.